The normalized spacial score (nSPS) is 24.6. The van der Waals surface area contributed by atoms with Crippen LogP contribution >= 0.6 is 11.8 Å². The van der Waals surface area contributed by atoms with Crippen LogP contribution in [0.2, 0.25) is 0 Å². The van der Waals surface area contributed by atoms with Crippen LogP contribution in [0.3, 0.4) is 0 Å². The summed E-state index contributed by atoms with van der Waals surface area (Å²) in [7, 11) is 1.94. The lowest BCUT2D eigenvalue weighted by Gasteiger charge is -2.06. The molecule has 1 atom stereocenters. The lowest BCUT2D eigenvalue weighted by molar-refractivity contribution is 0.756. The van der Waals surface area contributed by atoms with Crippen LogP contribution in [0.25, 0.3) is 0 Å². The van der Waals surface area contributed by atoms with Gasteiger partial charge in [-0.2, -0.15) is 5.10 Å². The Bertz CT molecular complexity index is 433. The minimum atomic E-state index is 0.722. The van der Waals surface area contributed by atoms with Crippen molar-refractivity contribution < 1.29 is 0 Å². The number of aromatic nitrogens is 2. The van der Waals surface area contributed by atoms with Crippen LogP contribution in [0.15, 0.2) is 11.2 Å². The Kier molecular flexibility index (Phi) is 2.42. The van der Waals surface area contributed by atoms with E-state index in [0.717, 1.165) is 34.3 Å². The maximum Gasteiger partial charge on any atom is 0.161 e. The molecule has 0 spiro atoms. The maximum atomic E-state index is 4.56. The molecule has 0 aromatic carbocycles. The molecule has 1 unspecified atom stereocenters. The number of rotatable bonds is 2. The molecule has 0 saturated heterocycles. The Morgan fingerprint density at radius 2 is 2.31 bits per heavy atom. The molecule has 2 aliphatic rings. The number of aliphatic imine (C=N–C) groups is 1. The third-order valence-corrected chi connectivity index (χ3v) is 4.37. The zero-order valence-electron chi connectivity index (χ0n) is 9.60. The van der Waals surface area contributed by atoms with Gasteiger partial charge in [-0.1, -0.05) is 11.8 Å². The first-order chi connectivity index (χ1) is 7.72. The van der Waals surface area contributed by atoms with Gasteiger partial charge in [-0.15, -0.1) is 0 Å². The van der Waals surface area contributed by atoms with E-state index in [1.807, 2.05) is 36.6 Å². The molecule has 3 rings (SSSR count). The van der Waals surface area contributed by atoms with Gasteiger partial charge in [0, 0.05) is 18.5 Å². The fraction of sp³-hybridized carbons (Fsp3) is 0.636. The number of thioether (sulfide) groups is 1. The minimum Gasteiger partial charge on any atom is -0.332 e. The second-order valence-electron chi connectivity index (χ2n) is 4.57. The van der Waals surface area contributed by atoms with Crippen molar-refractivity contribution in [3.05, 3.63) is 11.9 Å². The summed E-state index contributed by atoms with van der Waals surface area (Å²) in [4.78, 5) is 4.56. The molecule has 5 heteroatoms. The van der Waals surface area contributed by atoms with E-state index < -0.39 is 0 Å². The van der Waals surface area contributed by atoms with Gasteiger partial charge in [0.25, 0.3) is 0 Å². The number of amidine groups is 1. The summed E-state index contributed by atoms with van der Waals surface area (Å²) in [5.41, 5.74) is 2.10. The van der Waals surface area contributed by atoms with E-state index in [4.69, 9.17) is 0 Å². The molecular weight excluding hydrogens is 220 g/mol. The second kappa shape index (κ2) is 3.80. The Morgan fingerprint density at radius 1 is 1.50 bits per heavy atom. The smallest absolute Gasteiger partial charge is 0.161 e. The van der Waals surface area contributed by atoms with Gasteiger partial charge in [-0.3, -0.25) is 9.67 Å². The molecule has 1 aliphatic carbocycles. The SMILES string of the molecule is Cc1nn(C)cc1NC1=NCC(C2CC2)S1. The molecular formula is C11H16N4S. The maximum absolute atomic E-state index is 4.56. The third kappa shape index (κ3) is 1.96. The zero-order valence-corrected chi connectivity index (χ0v) is 10.4. The van der Waals surface area contributed by atoms with Crippen LogP contribution in [-0.4, -0.2) is 26.7 Å². The first-order valence-corrected chi connectivity index (χ1v) is 6.59. The van der Waals surface area contributed by atoms with Crippen LogP contribution in [-0.2, 0) is 7.05 Å². The third-order valence-electron chi connectivity index (χ3n) is 3.08. The second-order valence-corrected chi connectivity index (χ2v) is 5.79. The lowest BCUT2D eigenvalue weighted by Crippen LogP contribution is -2.09. The average molecular weight is 236 g/mol. The molecule has 1 N–H and O–H groups in total. The predicted octanol–water partition coefficient (Wildman–Crippen LogP) is 2.02. The van der Waals surface area contributed by atoms with Crippen molar-refractivity contribution in [2.45, 2.75) is 25.0 Å². The van der Waals surface area contributed by atoms with Gasteiger partial charge in [0.05, 0.1) is 17.9 Å². The number of nitrogens with zero attached hydrogens (tertiary/aromatic N) is 3. The van der Waals surface area contributed by atoms with E-state index in [1.54, 1.807) is 0 Å². The summed E-state index contributed by atoms with van der Waals surface area (Å²) < 4.78 is 1.83. The van der Waals surface area contributed by atoms with Gasteiger partial charge in [-0.25, -0.2) is 0 Å². The molecule has 1 aromatic heterocycles. The highest BCUT2D eigenvalue weighted by atomic mass is 32.2. The average Bonchev–Trinajstić information content (AvgIpc) is 2.91. The predicted molar refractivity (Wildman–Crippen MR) is 68.0 cm³/mol. The van der Waals surface area contributed by atoms with Gasteiger partial charge >= 0.3 is 0 Å². The summed E-state index contributed by atoms with van der Waals surface area (Å²) in [6, 6.07) is 0. The van der Waals surface area contributed by atoms with E-state index in [1.165, 1.54) is 12.8 Å². The van der Waals surface area contributed by atoms with E-state index in [9.17, 15) is 0 Å². The first kappa shape index (κ1) is 10.2. The van der Waals surface area contributed by atoms with Gasteiger partial charge in [0.1, 0.15) is 0 Å². The van der Waals surface area contributed by atoms with Crippen molar-refractivity contribution >= 4 is 22.6 Å². The highest BCUT2D eigenvalue weighted by Crippen LogP contribution is 2.41. The number of nitrogens with one attached hydrogen (secondary N) is 1. The van der Waals surface area contributed by atoms with E-state index in [2.05, 4.69) is 15.4 Å². The summed E-state index contributed by atoms with van der Waals surface area (Å²) in [5.74, 6) is 0.919. The summed E-state index contributed by atoms with van der Waals surface area (Å²) in [5, 5.41) is 9.47. The van der Waals surface area contributed by atoms with Gasteiger partial charge in [0.2, 0.25) is 0 Å². The van der Waals surface area contributed by atoms with E-state index in [0.29, 0.717) is 0 Å². The molecule has 2 heterocycles. The van der Waals surface area contributed by atoms with Crippen molar-refractivity contribution in [1.82, 2.24) is 9.78 Å². The van der Waals surface area contributed by atoms with Gasteiger partial charge < -0.3 is 5.32 Å². The molecule has 16 heavy (non-hydrogen) atoms. The van der Waals surface area contributed by atoms with Crippen molar-refractivity contribution in [1.29, 1.82) is 0 Å². The molecule has 1 saturated carbocycles. The fourth-order valence-electron chi connectivity index (χ4n) is 2.01. The molecule has 4 nitrogen and oxygen atoms in total. The fourth-order valence-corrected chi connectivity index (χ4v) is 3.23. The Labute approximate surface area is 99.5 Å². The summed E-state index contributed by atoms with van der Waals surface area (Å²) in [6.07, 6.45) is 4.79. The molecule has 1 aliphatic heterocycles. The quantitative estimate of drug-likeness (QED) is 0.854. The highest BCUT2D eigenvalue weighted by Gasteiger charge is 2.35. The van der Waals surface area contributed by atoms with Crippen molar-refractivity contribution in [2.24, 2.45) is 18.0 Å². The summed E-state index contributed by atoms with van der Waals surface area (Å²) >= 11 is 1.90. The first-order valence-electron chi connectivity index (χ1n) is 5.71. The molecule has 0 bridgehead atoms. The number of aryl methyl sites for hydroxylation is 2. The molecule has 1 aromatic rings. The minimum absolute atomic E-state index is 0.722. The summed E-state index contributed by atoms with van der Waals surface area (Å²) in [6.45, 7) is 3.00. The Balaban J connectivity index is 1.65. The molecule has 1 fully saturated rings. The highest BCUT2D eigenvalue weighted by molar-refractivity contribution is 8.15. The van der Waals surface area contributed by atoms with Gasteiger partial charge in [-0.05, 0) is 25.7 Å². The van der Waals surface area contributed by atoms with Gasteiger partial charge in [0.15, 0.2) is 5.17 Å². The topological polar surface area (TPSA) is 42.2 Å². The van der Waals surface area contributed by atoms with Crippen LogP contribution in [0.5, 0.6) is 0 Å². The van der Waals surface area contributed by atoms with Crippen LogP contribution in [0.4, 0.5) is 5.69 Å². The lowest BCUT2D eigenvalue weighted by atomic mass is 10.3. The monoisotopic (exact) mass is 236 g/mol. The van der Waals surface area contributed by atoms with Crippen molar-refractivity contribution in [2.75, 3.05) is 11.9 Å². The van der Waals surface area contributed by atoms with E-state index >= 15 is 0 Å². The number of hydrogen-bond acceptors (Lipinski definition) is 4. The molecule has 0 radical (unpaired) electrons. The van der Waals surface area contributed by atoms with Crippen molar-refractivity contribution in [3.8, 4) is 0 Å². The van der Waals surface area contributed by atoms with Crippen LogP contribution in [0.1, 0.15) is 18.5 Å². The number of anilines is 1. The standard InChI is InChI=1S/C11H16N4S/c1-7-9(6-15(2)14-7)13-11-12-5-10(16-11)8-3-4-8/h6,8,10H,3-5H2,1-2H3,(H,12,13). The van der Waals surface area contributed by atoms with Crippen molar-refractivity contribution in [3.63, 3.8) is 0 Å². The number of hydrogen-bond donors (Lipinski definition) is 1. The van der Waals surface area contributed by atoms with Crippen LogP contribution < -0.4 is 5.32 Å². The van der Waals surface area contributed by atoms with Crippen LogP contribution in [0, 0.1) is 12.8 Å². The molecule has 0 amide bonds. The molecule has 86 valence electrons. The van der Waals surface area contributed by atoms with E-state index in [-0.39, 0.29) is 0 Å². The largest absolute Gasteiger partial charge is 0.332 e. The Hall–Kier alpha value is -0.970. The Morgan fingerprint density at radius 3 is 2.94 bits per heavy atom. The zero-order chi connectivity index (χ0) is 11.1.